The average molecular weight is 497 g/mol. The Bertz CT molecular complexity index is 857. The van der Waals surface area contributed by atoms with Crippen LogP contribution < -0.4 is 0 Å². The predicted octanol–water partition coefficient (Wildman–Crippen LogP) is 3.91. The van der Waals surface area contributed by atoms with Gasteiger partial charge in [0.2, 0.25) is 6.10 Å². The van der Waals surface area contributed by atoms with Gasteiger partial charge < -0.3 is 9.47 Å². The molecule has 33 heavy (non-hydrogen) atoms. The van der Waals surface area contributed by atoms with Gasteiger partial charge in [-0.2, -0.15) is 21.6 Å². The maximum atomic E-state index is 13.2. The Kier molecular flexibility index (Phi) is 6.52. The van der Waals surface area contributed by atoms with Crippen molar-refractivity contribution in [3.8, 4) is 0 Å². The molecular formula is C22H31F3O7S. The zero-order valence-corrected chi connectivity index (χ0v) is 19.4. The summed E-state index contributed by atoms with van der Waals surface area (Å²) in [7, 11) is -5.04. The van der Waals surface area contributed by atoms with Crippen molar-refractivity contribution in [3.05, 3.63) is 0 Å². The van der Waals surface area contributed by atoms with E-state index in [1.54, 1.807) is 0 Å². The zero-order chi connectivity index (χ0) is 24.2. The molecule has 0 heterocycles. The van der Waals surface area contributed by atoms with Crippen molar-refractivity contribution in [2.24, 2.45) is 35.5 Å². The van der Waals surface area contributed by atoms with Crippen molar-refractivity contribution in [1.29, 1.82) is 0 Å². The van der Waals surface area contributed by atoms with Crippen LogP contribution in [0.2, 0.25) is 0 Å². The third kappa shape index (κ3) is 5.18. The third-order valence-corrected chi connectivity index (χ3v) is 9.16. The Morgan fingerprint density at radius 1 is 0.970 bits per heavy atom. The van der Waals surface area contributed by atoms with Gasteiger partial charge in [-0.05, 0) is 75.5 Å². The number of carbonyl (C=O) groups is 2. The quantitative estimate of drug-likeness (QED) is 0.439. The number of ether oxygens (including phenoxy) is 2. The summed E-state index contributed by atoms with van der Waals surface area (Å²) in [5.74, 6) is -3.86. The standard InChI is InChI=1S/C22H31F3O7S/c1-21(14-7-12-6-13(9-14)10-15(21)8-12)32-20(27)17-5-3-2-4-16(17)19(26)31-18(22(23,24)25)11-33(28,29)30/h12-18H,2-11H2,1H3,(H,28,29,30). The van der Waals surface area contributed by atoms with Crippen LogP contribution in [0, 0.1) is 35.5 Å². The highest BCUT2D eigenvalue weighted by Gasteiger charge is 2.58. The van der Waals surface area contributed by atoms with E-state index >= 15 is 0 Å². The highest BCUT2D eigenvalue weighted by Crippen LogP contribution is 2.59. The van der Waals surface area contributed by atoms with Crippen molar-refractivity contribution in [2.75, 3.05) is 5.75 Å². The van der Waals surface area contributed by atoms with Gasteiger partial charge in [-0.15, -0.1) is 0 Å². The van der Waals surface area contributed by atoms with Crippen molar-refractivity contribution >= 4 is 22.1 Å². The molecule has 7 nitrogen and oxygen atoms in total. The molecule has 0 aromatic rings. The Morgan fingerprint density at radius 2 is 1.45 bits per heavy atom. The minimum atomic E-state index is -5.18. The lowest BCUT2D eigenvalue weighted by Gasteiger charge is -2.59. The molecule has 1 N–H and O–H groups in total. The minimum absolute atomic E-state index is 0.156. The molecule has 4 bridgehead atoms. The maximum Gasteiger partial charge on any atom is 0.426 e. The molecule has 0 saturated heterocycles. The summed E-state index contributed by atoms with van der Waals surface area (Å²) in [6.07, 6.45) is -1.29. The summed E-state index contributed by atoms with van der Waals surface area (Å²) in [6.45, 7) is 1.96. The number of halogens is 3. The van der Waals surface area contributed by atoms with Crippen LogP contribution in [0.15, 0.2) is 0 Å². The van der Waals surface area contributed by atoms with Crippen molar-refractivity contribution in [3.63, 3.8) is 0 Å². The molecule has 5 aliphatic rings. The Hall–Kier alpha value is -1.36. The number of esters is 2. The van der Waals surface area contributed by atoms with E-state index in [9.17, 15) is 31.2 Å². The number of hydrogen-bond acceptors (Lipinski definition) is 6. The molecule has 0 radical (unpaired) electrons. The van der Waals surface area contributed by atoms with Gasteiger partial charge in [0.05, 0.1) is 11.8 Å². The van der Waals surface area contributed by atoms with E-state index in [1.807, 2.05) is 6.92 Å². The fourth-order valence-corrected chi connectivity index (χ4v) is 7.53. The van der Waals surface area contributed by atoms with E-state index in [1.165, 1.54) is 6.42 Å². The molecule has 5 saturated carbocycles. The SMILES string of the molecule is CC1(OC(=O)C2CCCCC2C(=O)OC(CS(=O)(=O)O)C(F)(F)F)C2CC3CC(C2)CC1C3. The number of hydrogen-bond donors (Lipinski definition) is 1. The summed E-state index contributed by atoms with van der Waals surface area (Å²) < 4.78 is 81.0. The molecule has 3 atom stereocenters. The van der Waals surface area contributed by atoms with E-state index in [0.717, 1.165) is 25.7 Å². The first-order valence-corrected chi connectivity index (χ1v) is 13.3. The molecule has 5 fully saturated rings. The molecule has 0 amide bonds. The Balaban J connectivity index is 1.46. The van der Waals surface area contributed by atoms with Crippen molar-refractivity contribution in [2.45, 2.75) is 82.6 Å². The molecule has 0 aromatic carbocycles. The summed E-state index contributed by atoms with van der Waals surface area (Å²) in [5.41, 5.74) is -0.629. The topological polar surface area (TPSA) is 107 Å². The van der Waals surface area contributed by atoms with Gasteiger partial charge in [0.15, 0.2) is 0 Å². The molecule has 188 valence electrons. The fourth-order valence-electron chi connectivity index (χ4n) is 6.89. The van der Waals surface area contributed by atoms with Gasteiger partial charge >= 0.3 is 18.1 Å². The first-order chi connectivity index (χ1) is 15.3. The first kappa shape index (κ1) is 24.8. The van der Waals surface area contributed by atoms with Crippen molar-refractivity contribution in [1.82, 2.24) is 0 Å². The Morgan fingerprint density at radius 3 is 1.91 bits per heavy atom. The minimum Gasteiger partial charge on any atom is -0.459 e. The number of rotatable bonds is 6. The lowest BCUT2D eigenvalue weighted by atomic mass is 9.50. The van der Waals surface area contributed by atoms with E-state index in [-0.39, 0.29) is 18.3 Å². The smallest absolute Gasteiger partial charge is 0.426 e. The van der Waals surface area contributed by atoms with Gasteiger partial charge in [-0.25, -0.2) is 0 Å². The molecule has 0 spiro atoms. The third-order valence-electron chi connectivity index (χ3n) is 8.44. The summed E-state index contributed by atoms with van der Waals surface area (Å²) in [5, 5.41) is 0. The van der Waals surface area contributed by atoms with Gasteiger partial charge in [-0.1, -0.05) is 12.8 Å². The maximum absolute atomic E-state index is 13.2. The average Bonchev–Trinajstić information content (AvgIpc) is 2.69. The van der Waals surface area contributed by atoms with E-state index in [4.69, 9.17) is 9.29 Å². The van der Waals surface area contributed by atoms with Gasteiger partial charge in [0, 0.05) is 0 Å². The molecule has 11 heteroatoms. The van der Waals surface area contributed by atoms with Gasteiger partial charge in [0.1, 0.15) is 11.4 Å². The van der Waals surface area contributed by atoms with Crippen LogP contribution >= 0.6 is 0 Å². The van der Waals surface area contributed by atoms with Crippen LogP contribution in [0.4, 0.5) is 13.2 Å². The molecule has 3 unspecified atom stereocenters. The van der Waals surface area contributed by atoms with Crippen LogP contribution in [-0.4, -0.2) is 48.5 Å². The molecule has 5 aliphatic carbocycles. The van der Waals surface area contributed by atoms with Crippen molar-refractivity contribution < 1.29 is 45.2 Å². The zero-order valence-electron chi connectivity index (χ0n) is 18.6. The fraction of sp³-hybridized carbons (Fsp3) is 0.909. The molecular weight excluding hydrogens is 465 g/mol. The van der Waals surface area contributed by atoms with Crippen LogP contribution in [-0.2, 0) is 29.2 Å². The normalized spacial score (nSPS) is 39.2. The summed E-state index contributed by atoms with van der Waals surface area (Å²) in [6, 6.07) is 0. The molecule has 0 aromatic heterocycles. The highest BCUT2D eigenvalue weighted by molar-refractivity contribution is 7.85. The predicted molar refractivity (Wildman–Crippen MR) is 109 cm³/mol. The largest absolute Gasteiger partial charge is 0.459 e. The summed E-state index contributed by atoms with van der Waals surface area (Å²) >= 11 is 0. The monoisotopic (exact) mass is 496 g/mol. The summed E-state index contributed by atoms with van der Waals surface area (Å²) in [4.78, 5) is 25.9. The van der Waals surface area contributed by atoms with Gasteiger partial charge in [0.25, 0.3) is 10.1 Å². The van der Waals surface area contributed by atoms with Crippen LogP contribution in [0.25, 0.3) is 0 Å². The second-order valence-electron chi connectivity index (χ2n) is 10.6. The lowest BCUT2D eigenvalue weighted by Crippen LogP contribution is -2.58. The molecule has 5 rings (SSSR count). The second kappa shape index (κ2) is 8.70. The lowest BCUT2D eigenvalue weighted by molar-refractivity contribution is -0.222. The Labute approximate surface area is 191 Å². The molecule has 0 aliphatic heterocycles. The van der Waals surface area contributed by atoms with Crippen LogP contribution in [0.5, 0.6) is 0 Å². The first-order valence-electron chi connectivity index (χ1n) is 11.7. The number of carbonyl (C=O) groups excluding carboxylic acids is 2. The van der Waals surface area contributed by atoms with E-state index < -0.39 is 57.5 Å². The van der Waals surface area contributed by atoms with E-state index in [2.05, 4.69) is 4.74 Å². The van der Waals surface area contributed by atoms with Crippen LogP contribution in [0.3, 0.4) is 0 Å². The van der Waals surface area contributed by atoms with Gasteiger partial charge in [-0.3, -0.25) is 14.1 Å². The van der Waals surface area contributed by atoms with E-state index in [0.29, 0.717) is 31.1 Å². The number of alkyl halides is 3. The highest BCUT2D eigenvalue weighted by atomic mass is 32.2. The van der Waals surface area contributed by atoms with Crippen LogP contribution in [0.1, 0.15) is 64.7 Å². The second-order valence-corrected chi connectivity index (χ2v) is 12.1.